The van der Waals surface area contributed by atoms with Gasteiger partial charge in [0.2, 0.25) is 11.8 Å². The summed E-state index contributed by atoms with van der Waals surface area (Å²) in [4.78, 5) is 30.8. The van der Waals surface area contributed by atoms with Crippen LogP contribution in [-0.4, -0.2) is 38.4 Å². The minimum absolute atomic E-state index is 0.00245. The number of carbonyl (C=O) groups is 2. The second kappa shape index (κ2) is 7.59. The van der Waals surface area contributed by atoms with Crippen molar-refractivity contribution < 1.29 is 14.0 Å². The molecule has 0 fully saturated rings. The molecule has 0 atom stereocenters. The van der Waals surface area contributed by atoms with Crippen molar-refractivity contribution in [3.8, 4) is 0 Å². The lowest BCUT2D eigenvalue weighted by atomic mass is 10.1. The zero-order valence-corrected chi connectivity index (χ0v) is 15.4. The average Bonchev–Trinajstić information content (AvgIpc) is 3.28. The summed E-state index contributed by atoms with van der Waals surface area (Å²) in [6, 6.07) is 9.05. The van der Waals surface area contributed by atoms with Crippen LogP contribution in [-0.2, 0) is 19.5 Å². The Kier molecular flexibility index (Phi) is 4.84. The molecule has 2 amide bonds. The Labute approximate surface area is 161 Å². The summed E-state index contributed by atoms with van der Waals surface area (Å²) in [5.74, 6) is 0.551. The Bertz CT molecular complexity index is 1020. The largest absolute Gasteiger partial charge is 0.424 e. The van der Waals surface area contributed by atoms with Crippen LogP contribution in [0.5, 0.6) is 0 Å². The smallest absolute Gasteiger partial charge is 0.254 e. The number of amides is 2. The quantitative estimate of drug-likeness (QED) is 0.704. The first-order valence-corrected chi connectivity index (χ1v) is 8.98. The molecule has 0 saturated heterocycles. The van der Waals surface area contributed by atoms with Crippen LogP contribution in [0.15, 0.2) is 47.1 Å². The number of hydrogen-bond acceptors (Lipinski definition) is 6. The van der Waals surface area contributed by atoms with Crippen LogP contribution in [0.25, 0.3) is 0 Å². The maximum atomic E-state index is 12.6. The molecule has 28 heavy (non-hydrogen) atoms. The fourth-order valence-corrected chi connectivity index (χ4v) is 3.18. The fourth-order valence-electron chi connectivity index (χ4n) is 3.18. The van der Waals surface area contributed by atoms with Crippen LogP contribution in [0.2, 0.25) is 0 Å². The molecule has 2 aromatic heterocycles. The number of pyridine rings is 1. The van der Waals surface area contributed by atoms with Gasteiger partial charge < -0.3 is 14.6 Å². The van der Waals surface area contributed by atoms with Crippen molar-refractivity contribution in [2.24, 2.45) is 0 Å². The van der Waals surface area contributed by atoms with E-state index < -0.39 is 0 Å². The van der Waals surface area contributed by atoms with Gasteiger partial charge in [-0.3, -0.25) is 14.6 Å². The van der Waals surface area contributed by atoms with Crippen molar-refractivity contribution in [3.63, 3.8) is 0 Å². The zero-order valence-electron chi connectivity index (χ0n) is 15.4. The van der Waals surface area contributed by atoms with Crippen molar-refractivity contribution in [3.05, 3.63) is 76.8 Å². The fraction of sp³-hybridized carbons (Fsp3) is 0.250. The Morgan fingerprint density at radius 1 is 1.21 bits per heavy atom. The van der Waals surface area contributed by atoms with Crippen LogP contribution in [0, 0.1) is 6.92 Å². The summed E-state index contributed by atoms with van der Waals surface area (Å²) in [6.45, 7) is 2.98. The molecule has 3 heterocycles. The Morgan fingerprint density at radius 3 is 2.79 bits per heavy atom. The lowest BCUT2D eigenvalue weighted by molar-refractivity contribution is 0.0780. The van der Waals surface area contributed by atoms with E-state index in [0.29, 0.717) is 36.0 Å². The number of hydrogen-bond donors (Lipinski definition) is 1. The zero-order chi connectivity index (χ0) is 19.5. The van der Waals surface area contributed by atoms with Crippen LogP contribution in [0.4, 0.5) is 0 Å². The monoisotopic (exact) mass is 377 g/mol. The Balaban J connectivity index is 1.39. The molecule has 1 aliphatic rings. The highest BCUT2D eigenvalue weighted by Crippen LogP contribution is 2.24. The molecule has 0 unspecified atom stereocenters. The molecule has 0 bridgehead atoms. The van der Waals surface area contributed by atoms with Crippen LogP contribution >= 0.6 is 0 Å². The maximum Gasteiger partial charge on any atom is 0.254 e. The molecule has 1 aliphatic heterocycles. The van der Waals surface area contributed by atoms with Crippen LogP contribution in [0.1, 0.15) is 43.6 Å². The van der Waals surface area contributed by atoms with E-state index in [9.17, 15) is 9.59 Å². The molecule has 0 aliphatic carbocycles. The first-order valence-electron chi connectivity index (χ1n) is 8.98. The number of nitrogens with one attached hydrogen (secondary N) is 1. The van der Waals surface area contributed by atoms with Crippen molar-refractivity contribution in [1.82, 2.24) is 25.4 Å². The molecule has 3 aromatic rings. The van der Waals surface area contributed by atoms with E-state index in [4.69, 9.17) is 4.42 Å². The van der Waals surface area contributed by atoms with Crippen LogP contribution < -0.4 is 5.32 Å². The maximum absolute atomic E-state index is 12.6. The van der Waals surface area contributed by atoms with Gasteiger partial charge in [0.15, 0.2) is 0 Å². The van der Waals surface area contributed by atoms with E-state index >= 15 is 0 Å². The molecule has 8 nitrogen and oxygen atoms in total. The van der Waals surface area contributed by atoms with E-state index in [1.807, 2.05) is 12.1 Å². The van der Waals surface area contributed by atoms with E-state index in [2.05, 4.69) is 20.5 Å². The Hall–Kier alpha value is -3.55. The number of aryl methyl sites for hydroxylation is 1. The van der Waals surface area contributed by atoms with Gasteiger partial charge in [0.1, 0.15) is 0 Å². The third-order valence-corrected chi connectivity index (χ3v) is 4.63. The molecule has 0 spiro atoms. The predicted molar refractivity (Wildman–Crippen MR) is 99.3 cm³/mol. The molecule has 4 rings (SSSR count). The molecular weight excluding hydrogens is 358 g/mol. The number of aromatic nitrogens is 3. The van der Waals surface area contributed by atoms with E-state index in [-0.39, 0.29) is 18.4 Å². The van der Waals surface area contributed by atoms with E-state index in [1.54, 1.807) is 42.4 Å². The molecule has 1 N–H and O–H groups in total. The highest BCUT2D eigenvalue weighted by Gasteiger charge is 2.27. The molecule has 0 radical (unpaired) electrons. The van der Waals surface area contributed by atoms with Gasteiger partial charge in [0, 0.05) is 43.5 Å². The van der Waals surface area contributed by atoms with Gasteiger partial charge in [-0.2, -0.15) is 0 Å². The summed E-state index contributed by atoms with van der Waals surface area (Å²) < 4.78 is 5.24. The Morgan fingerprint density at radius 2 is 2.04 bits per heavy atom. The van der Waals surface area contributed by atoms with Gasteiger partial charge in [-0.05, 0) is 47.9 Å². The van der Waals surface area contributed by atoms with Crippen molar-refractivity contribution in [1.29, 1.82) is 0 Å². The van der Waals surface area contributed by atoms with E-state index in [0.717, 1.165) is 17.5 Å². The summed E-state index contributed by atoms with van der Waals surface area (Å²) >= 11 is 0. The molecular formula is C20H19N5O3. The van der Waals surface area contributed by atoms with Gasteiger partial charge in [0.25, 0.3) is 11.8 Å². The molecule has 8 heteroatoms. The van der Waals surface area contributed by atoms with Crippen LogP contribution in [0.3, 0.4) is 0 Å². The summed E-state index contributed by atoms with van der Waals surface area (Å²) in [5, 5.41) is 10.3. The average molecular weight is 377 g/mol. The summed E-state index contributed by atoms with van der Waals surface area (Å²) in [6.07, 6.45) is 4.26. The third-order valence-electron chi connectivity index (χ3n) is 4.63. The van der Waals surface area contributed by atoms with E-state index in [1.165, 1.54) is 0 Å². The normalized spacial score (nSPS) is 12.9. The lowest BCUT2D eigenvalue weighted by Crippen LogP contribution is -2.26. The highest BCUT2D eigenvalue weighted by molar-refractivity contribution is 6.01. The van der Waals surface area contributed by atoms with Gasteiger partial charge in [-0.15, -0.1) is 10.2 Å². The number of rotatable bonds is 6. The number of nitrogens with zero attached hydrogens (tertiary/aromatic N) is 4. The topological polar surface area (TPSA) is 101 Å². The predicted octanol–water partition coefficient (Wildman–Crippen LogP) is 1.90. The molecule has 1 aromatic carbocycles. The van der Waals surface area contributed by atoms with Gasteiger partial charge in [0.05, 0.1) is 6.54 Å². The van der Waals surface area contributed by atoms with Gasteiger partial charge >= 0.3 is 0 Å². The SMILES string of the molecule is Cc1nnc(CNC(=O)c2ccc3c(c2)CN(CCc2ccncc2)C3=O)o1. The second-order valence-electron chi connectivity index (χ2n) is 6.60. The lowest BCUT2D eigenvalue weighted by Gasteiger charge is -2.15. The minimum Gasteiger partial charge on any atom is -0.424 e. The summed E-state index contributed by atoms with van der Waals surface area (Å²) in [7, 11) is 0. The number of carbonyl (C=O) groups excluding carboxylic acids is 2. The van der Waals surface area contributed by atoms with Crippen molar-refractivity contribution in [2.75, 3.05) is 6.54 Å². The number of benzene rings is 1. The first kappa shape index (κ1) is 17.8. The second-order valence-corrected chi connectivity index (χ2v) is 6.60. The third kappa shape index (κ3) is 3.75. The standard InChI is InChI=1S/C20H19N5O3/c1-13-23-24-18(28-13)11-22-19(26)15-2-3-17-16(10-15)12-25(20(17)27)9-6-14-4-7-21-8-5-14/h2-5,7-8,10H,6,9,11-12H2,1H3,(H,22,26). The first-order chi connectivity index (χ1) is 13.6. The molecule has 142 valence electrons. The van der Waals surface area contributed by atoms with Gasteiger partial charge in [-0.1, -0.05) is 0 Å². The highest BCUT2D eigenvalue weighted by atomic mass is 16.4. The van der Waals surface area contributed by atoms with Crippen molar-refractivity contribution in [2.45, 2.75) is 26.4 Å². The number of fused-ring (bicyclic) bond motifs is 1. The summed E-state index contributed by atoms with van der Waals surface area (Å²) in [5.41, 5.74) is 3.15. The van der Waals surface area contributed by atoms with Crippen molar-refractivity contribution >= 4 is 11.8 Å². The molecule has 0 saturated carbocycles. The minimum atomic E-state index is -0.249. The van der Waals surface area contributed by atoms with Gasteiger partial charge in [-0.25, -0.2) is 0 Å².